The average Bonchev–Trinajstić information content (AvgIpc) is 3.16. The van der Waals surface area contributed by atoms with Crippen molar-refractivity contribution in [3.05, 3.63) is 12.2 Å². The number of methoxy groups -OCH3 is 1. The highest BCUT2D eigenvalue weighted by atomic mass is 16.5. The summed E-state index contributed by atoms with van der Waals surface area (Å²) < 4.78 is 6.27. The van der Waals surface area contributed by atoms with Gasteiger partial charge >= 0.3 is 0 Å². The van der Waals surface area contributed by atoms with Crippen molar-refractivity contribution in [1.29, 1.82) is 0 Å². The summed E-state index contributed by atoms with van der Waals surface area (Å²) in [5, 5.41) is 0. The maximum atomic E-state index is 6.27. The normalized spacial score (nSPS) is 55.7. The van der Waals surface area contributed by atoms with Gasteiger partial charge in [0.1, 0.15) is 0 Å². The number of allylic oxidation sites excluding steroid dienone is 2. The smallest absolute Gasteiger partial charge is 0.0638 e. The van der Waals surface area contributed by atoms with E-state index in [-0.39, 0.29) is 0 Å². The zero-order chi connectivity index (χ0) is 19.9. The van der Waals surface area contributed by atoms with E-state index in [2.05, 4.69) is 46.8 Å². The number of rotatable bonds is 4. The summed E-state index contributed by atoms with van der Waals surface area (Å²) in [6, 6.07) is 0. The minimum atomic E-state index is 0.547. The molecule has 28 heavy (non-hydrogen) atoms. The maximum Gasteiger partial charge on any atom is 0.0638 e. The van der Waals surface area contributed by atoms with Crippen LogP contribution >= 0.6 is 0 Å². The number of fused-ring (bicyclic) bond motifs is 4. The molecule has 1 spiro atoms. The summed E-state index contributed by atoms with van der Waals surface area (Å²) in [7, 11) is 2.02. The van der Waals surface area contributed by atoms with Crippen molar-refractivity contribution >= 4 is 0 Å². The van der Waals surface area contributed by atoms with Gasteiger partial charge in [0, 0.05) is 12.5 Å². The Kier molecular flexibility index (Phi) is 4.46. The molecule has 0 bridgehead atoms. The highest BCUT2D eigenvalue weighted by Crippen LogP contribution is 2.82. The van der Waals surface area contributed by atoms with Crippen LogP contribution in [0, 0.1) is 57.7 Å². The molecule has 0 unspecified atom stereocenters. The van der Waals surface area contributed by atoms with Crippen molar-refractivity contribution in [2.45, 2.75) is 92.1 Å². The summed E-state index contributed by atoms with van der Waals surface area (Å²) in [6.07, 6.45) is 17.3. The molecule has 0 N–H and O–H groups in total. The zero-order valence-electron chi connectivity index (χ0n) is 19.3. The first-order chi connectivity index (χ1) is 13.3. The molecule has 10 atom stereocenters. The Hall–Kier alpha value is -0.300. The highest BCUT2D eigenvalue weighted by Gasteiger charge is 2.77. The summed E-state index contributed by atoms with van der Waals surface area (Å²) >= 11 is 0. The third-order valence-corrected chi connectivity index (χ3v) is 11.3. The van der Waals surface area contributed by atoms with Gasteiger partial charge in [0.05, 0.1) is 6.10 Å². The van der Waals surface area contributed by atoms with Crippen LogP contribution in [0.3, 0.4) is 0 Å². The van der Waals surface area contributed by atoms with Gasteiger partial charge < -0.3 is 4.74 Å². The molecule has 0 amide bonds. The van der Waals surface area contributed by atoms with Gasteiger partial charge in [0.2, 0.25) is 0 Å². The van der Waals surface area contributed by atoms with Gasteiger partial charge in [-0.3, -0.25) is 0 Å². The lowest BCUT2D eigenvalue weighted by atomic mass is 9.45. The Morgan fingerprint density at radius 1 is 0.929 bits per heavy atom. The fourth-order valence-electron chi connectivity index (χ4n) is 10.0. The first-order valence-corrected chi connectivity index (χ1v) is 12.5. The van der Waals surface area contributed by atoms with Crippen LogP contribution in [-0.4, -0.2) is 13.2 Å². The van der Waals surface area contributed by atoms with Gasteiger partial charge in [0.15, 0.2) is 0 Å². The van der Waals surface area contributed by atoms with Gasteiger partial charge in [0.25, 0.3) is 0 Å². The van der Waals surface area contributed by atoms with E-state index < -0.39 is 0 Å². The molecule has 0 aromatic rings. The monoisotopic (exact) mass is 384 g/mol. The minimum absolute atomic E-state index is 0.547. The lowest BCUT2D eigenvalue weighted by Gasteiger charge is -2.61. The quantitative estimate of drug-likeness (QED) is 0.469. The van der Waals surface area contributed by atoms with Gasteiger partial charge in [-0.05, 0) is 104 Å². The first-order valence-electron chi connectivity index (χ1n) is 12.5. The van der Waals surface area contributed by atoms with Gasteiger partial charge in [-0.25, -0.2) is 0 Å². The third kappa shape index (κ3) is 2.35. The largest absolute Gasteiger partial charge is 0.381 e. The molecule has 1 heteroatoms. The number of ether oxygens (including phenoxy) is 1. The Balaban J connectivity index is 1.43. The van der Waals surface area contributed by atoms with E-state index >= 15 is 0 Å². The minimum Gasteiger partial charge on any atom is -0.381 e. The molecule has 0 aromatic heterocycles. The van der Waals surface area contributed by atoms with Crippen molar-refractivity contribution in [3.63, 3.8) is 0 Å². The van der Waals surface area contributed by atoms with Crippen LogP contribution in [0.2, 0.25) is 0 Å². The number of hydrogen-bond acceptors (Lipinski definition) is 1. The lowest BCUT2D eigenvalue weighted by molar-refractivity contribution is -0.160. The molecule has 1 nitrogen and oxygen atoms in total. The molecule has 5 aliphatic rings. The topological polar surface area (TPSA) is 9.23 Å². The van der Waals surface area contributed by atoms with Crippen LogP contribution in [-0.2, 0) is 4.74 Å². The van der Waals surface area contributed by atoms with E-state index in [1.807, 2.05) is 7.11 Å². The number of hydrogen-bond donors (Lipinski definition) is 0. The Bertz CT molecular complexity index is 651. The van der Waals surface area contributed by atoms with Crippen molar-refractivity contribution in [2.24, 2.45) is 57.7 Å². The van der Waals surface area contributed by atoms with Gasteiger partial charge in [-0.15, -0.1) is 0 Å². The van der Waals surface area contributed by atoms with E-state index in [0.29, 0.717) is 28.3 Å². The maximum absolute atomic E-state index is 6.27. The van der Waals surface area contributed by atoms with Crippen molar-refractivity contribution in [1.82, 2.24) is 0 Å². The van der Waals surface area contributed by atoms with Crippen LogP contribution < -0.4 is 0 Å². The van der Waals surface area contributed by atoms with Crippen LogP contribution in [0.5, 0.6) is 0 Å². The molecule has 0 heterocycles. The Labute approximate surface area is 174 Å². The van der Waals surface area contributed by atoms with E-state index in [4.69, 9.17) is 4.74 Å². The highest BCUT2D eigenvalue weighted by molar-refractivity contribution is 5.26. The van der Waals surface area contributed by atoms with Crippen LogP contribution in [0.25, 0.3) is 0 Å². The Morgan fingerprint density at radius 2 is 1.71 bits per heavy atom. The second-order valence-electron chi connectivity index (χ2n) is 12.5. The Morgan fingerprint density at radius 3 is 2.39 bits per heavy atom. The fourth-order valence-corrected chi connectivity index (χ4v) is 10.0. The first kappa shape index (κ1) is 19.7. The molecule has 0 saturated heterocycles. The van der Waals surface area contributed by atoms with E-state index in [1.165, 1.54) is 51.4 Å². The predicted molar refractivity (Wildman–Crippen MR) is 117 cm³/mol. The molecule has 5 saturated carbocycles. The van der Waals surface area contributed by atoms with E-state index in [1.54, 1.807) is 0 Å². The van der Waals surface area contributed by atoms with Crippen LogP contribution in [0.1, 0.15) is 86.0 Å². The standard InChI is InChI=1S/C27H44O/c1-17(2)7-8-18(3)21-9-10-22-20-15-24(28-6)27-16-19(27)11-14-26(27,5)23(20)12-13-25(21,22)4/h7-8,17-24H,9-16H2,1-6H3/b8-7+/t18-,19-,20+,21-,22+,23+,24-,25-,26-,27+/m1/s1. The zero-order valence-corrected chi connectivity index (χ0v) is 19.3. The summed E-state index contributed by atoms with van der Waals surface area (Å²) in [4.78, 5) is 0. The SMILES string of the molecule is CO[C@@H]1C[C@H]2[C@@H]3CC[C@H]([C@H](C)/C=C/C(C)C)[C@@]3(C)CC[C@@H]2[C@@]2(C)CC[C@@H]3C[C@]312. The summed E-state index contributed by atoms with van der Waals surface area (Å²) in [6.45, 7) is 12.5. The second-order valence-corrected chi connectivity index (χ2v) is 12.5. The van der Waals surface area contributed by atoms with Gasteiger partial charge in [-0.2, -0.15) is 0 Å². The van der Waals surface area contributed by atoms with Crippen molar-refractivity contribution in [2.75, 3.05) is 7.11 Å². The molecular weight excluding hydrogens is 340 g/mol. The molecule has 5 fully saturated rings. The summed E-state index contributed by atoms with van der Waals surface area (Å²) in [5.74, 6) is 6.13. The molecule has 0 aliphatic heterocycles. The lowest BCUT2D eigenvalue weighted by Crippen LogP contribution is -2.57. The summed E-state index contributed by atoms with van der Waals surface area (Å²) in [5.41, 5.74) is 1.70. The molecular formula is C27H44O. The third-order valence-electron chi connectivity index (χ3n) is 11.3. The van der Waals surface area contributed by atoms with Crippen LogP contribution in [0.15, 0.2) is 12.2 Å². The van der Waals surface area contributed by atoms with Crippen molar-refractivity contribution in [3.8, 4) is 0 Å². The molecule has 5 aliphatic carbocycles. The van der Waals surface area contributed by atoms with E-state index in [9.17, 15) is 0 Å². The van der Waals surface area contributed by atoms with Gasteiger partial charge in [-0.1, -0.05) is 46.8 Å². The molecule has 5 rings (SSSR count). The van der Waals surface area contributed by atoms with E-state index in [0.717, 1.165) is 35.5 Å². The van der Waals surface area contributed by atoms with Crippen molar-refractivity contribution < 1.29 is 4.74 Å². The second kappa shape index (κ2) is 6.35. The average molecular weight is 385 g/mol. The van der Waals surface area contributed by atoms with Crippen LogP contribution in [0.4, 0.5) is 0 Å². The fraction of sp³-hybridized carbons (Fsp3) is 0.926. The predicted octanol–water partition coefficient (Wildman–Crippen LogP) is 7.12. The molecule has 158 valence electrons. The molecule has 0 aromatic carbocycles. The molecule has 0 radical (unpaired) electrons.